The Morgan fingerprint density at radius 3 is 2.53 bits per heavy atom. The summed E-state index contributed by atoms with van der Waals surface area (Å²) in [6, 6.07) is 5.95. The average molecular weight is 235 g/mol. The molecule has 0 atom stereocenters. The van der Waals surface area contributed by atoms with E-state index in [1.54, 1.807) is 7.11 Å². The topological polar surface area (TPSA) is 41.7 Å². The van der Waals surface area contributed by atoms with Crippen LogP contribution in [0.2, 0.25) is 0 Å². The molecule has 4 heteroatoms. The fourth-order valence-electron chi connectivity index (χ4n) is 2.16. The van der Waals surface area contributed by atoms with Crippen LogP contribution in [-0.4, -0.2) is 50.1 Å². The van der Waals surface area contributed by atoms with Crippen LogP contribution in [0.4, 0.5) is 5.69 Å². The molecule has 1 aromatic carbocycles. The zero-order valence-electron chi connectivity index (χ0n) is 10.6. The minimum atomic E-state index is 0.772. The third-order valence-corrected chi connectivity index (χ3v) is 3.23. The van der Waals surface area contributed by atoms with Gasteiger partial charge in [0.1, 0.15) is 5.75 Å². The molecule has 1 fully saturated rings. The molecule has 2 rings (SSSR count). The summed E-state index contributed by atoms with van der Waals surface area (Å²) in [5, 5.41) is 0. The summed E-state index contributed by atoms with van der Waals surface area (Å²) in [7, 11) is 3.84. The molecule has 0 spiro atoms. The number of methoxy groups -OCH3 is 1. The lowest BCUT2D eigenvalue weighted by Crippen LogP contribution is -2.43. The first-order chi connectivity index (χ1) is 8.17. The van der Waals surface area contributed by atoms with Gasteiger partial charge < -0.3 is 15.4 Å². The molecule has 1 aliphatic heterocycles. The van der Waals surface area contributed by atoms with Crippen LogP contribution in [0.3, 0.4) is 0 Å². The Balaban J connectivity index is 2.00. The van der Waals surface area contributed by atoms with Crippen molar-refractivity contribution < 1.29 is 4.74 Å². The van der Waals surface area contributed by atoms with Crippen molar-refractivity contribution in [1.29, 1.82) is 0 Å². The normalized spacial score (nSPS) is 18.2. The maximum atomic E-state index is 5.86. The highest BCUT2D eigenvalue weighted by Crippen LogP contribution is 2.20. The predicted molar refractivity (Wildman–Crippen MR) is 70.2 cm³/mol. The summed E-state index contributed by atoms with van der Waals surface area (Å²) in [6.07, 6.45) is 0. The Hall–Kier alpha value is -1.26. The summed E-state index contributed by atoms with van der Waals surface area (Å²) >= 11 is 0. The zero-order chi connectivity index (χ0) is 12.3. The summed E-state index contributed by atoms with van der Waals surface area (Å²) in [4.78, 5) is 4.81. The van der Waals surface area contributed by atoms with Crippen LogP contribution in [0.5, 0.6) is 5.75 Å². The molecule has 0 unspecified atom stereocenters. The number of rotatable bonds is 3. The van der Waals surface area contributed by atoms with Crippen molar-refractivity contribution in [2.45, 2.75) is 6.54 Å². The Morgan fingerprint density at radius 1 is 1.18 bits per heavy atom. The predicted octanol–water partition coefficient (Wildman–Crippen LogP) is 1.02. The van der Waals surface area contributed by atoms with E-state index in [0.29, 0.717) is 0 Å². The SMILES string of the molecule is COc1cc(N)cc(CN2CCN(C)CC2)c1. The Morgan fingerprint density at radius 2 is 1.88 bits per heavy atom. The van der Waals surface area contributed by atoms with E-state index in [0.717, 1.165) is 44.2 Å². The van der Waals surface area contributed by atoms with Crippen molar-refractivity contribution in [2.24, 2.45) is 0 Å². The van der Waals surface area contributed by atoms with Gasteiger partial charge in [-0.2, -0.15) is 0 Å². The van der Waals surface area contributed by atoms with Crippen LogP contribution >= 0.6 is 0 Å². The third kappa shape index (κ3) is 3.35. The van der Waals surface area contributed by atoms with E-state index >= 15 is 0 Å². The van der Waals surface area contributed by atoms with E-state index in [1.165, 1.54) is 5.56 Å². The molecule has 0 amide bonds. The van der Waals surface area contributed by atoms with Gasteiger partial charge in [0.05, 0.1) is 7.11 Å². The number of hydrogen-bond donors (Lipinski definition) is 1. The van der Waals surface area contributed by atoms with Gasteiger partial charge in [0, 0.05) is 44.5 Å². The molecule has 0 radical (unpaired) electrons. The maximum Gasteiger partial charge on any atom is 0.121 e. The number of nitrogens with zero attached hydrogens (tertiary/aromatic N) is 2. The Kier molecular flexibility index (Phi) is 3.86. The van der Waals surface area contributed by atoms with E-state index in [9.17, 15) is 0 Å². The summed E-state index contributed by atoms with van der Waals surface area (Å²) in [5.74, 6) is 0.842. The van der Waals surface area contributed by atoms with Gasteiger partial charge >= 0.3 is 0 Å². The minimum absolute atomic E-state index is 0.772. The summed E-state index contributed by atoms with van der Waals surface area (Å²) in [5.41, 5.74) is 7.86. The van der Waals surface area contributed by atoms with E-state index in [-0.39, 0.29) is 0 Å². The van der Waals surface area contributed by atoms with Crippen molar-refractivity contribution in [2.75, 3.05) is 46.1 Å². The Bertz CT molecular complexity index is 373. The molecule has 1 aliphatic rings. The quantitative estimate of drug-likeness (QED) is 0.794. The van der Waals surface area contributed by atoms with Crippen molar-refractivity contribution in [3.05, 3.63) is 23.8 Å². The molecular weight excluding hydrogens is 214 g/mol. The molecule has 1 heterocycles. The summed E-state index contributed by atoms with van der Waals surface area (Å²) < 4.78 is 5.24. The number of nitrogen functional groups attached to an aromatic ring is 1. The van der Waals surface area contributed by atoms with Gasteiger partial charge in [-0.15, -0.1) is 0 Å². The van der Waals surface area contributed by atoms with Gasteiger partial charge in [0.2, 0.25) is 0 Å². The lowest BCUT2D eigenvalue weighted by Gasteiger charge is -2.32. The largest absolute Gasteiger partial charge is 0.497 e. The standard InChI is InChI=1S/C13H21N3O/c1-15-3-5-16(6-4-15)10-11-7-12(14)9-13(8-11)17-2/h7-9H,3-6,10,14H2,1-2H3. The number of hydrogen-bond acceptors (Lipinski definition) is 4. The van der Waals surface area contributed by atoms with Crippen molar-refractivity contribution in [3.63, 3.8) is 0 Å². The number of anilines is 1. The smallest absolute Gasteiger partial charge is 0.121 e. The monoisotopic (exact) mass is 235 g/mol. The van der Waals surface area contributed by atoms with Crippen molar-refractivity contribution in [3.8, 4) is 5.75 Å². The fraction of sp³-hybridized carbons (Fsp3) is 0.538. The van der Waals surface area contributed by atoms with Gasteiger partial charge in [0.15, 0.2) is 0 Å². The number of benzene rings is 1. The van der Waals surface area contributed by atoms with Gasteiger partial charge in [-0.1, -0.05) is 0 Å². The second-order valence-corrected chi connectivity index (χ2v) is 4.69. The Labute approximate surface area is 103 Å². The molecule has 0 saturated carbocycles. The van der Waals surface area contributed by atoms with E-state index in [2.05, 4.69) is 22.9 Å². The van der Waals surface area contributed by atoms with Gasteiger partial charge in [0.25, 0.3) is 0 Å². The van der Waals surface area contributed by atoms with E-state index in [4.69, 9.17) is 10.5 Å². The molecule has 0 aliphatic carbocycles. The molecule has 0 bridgehead atoms. The van der Waals surface area contributed by atoms with Crippen LogP contribution in [0.1, 0.15) is 5.56 Å². The van der Waals surface area contributed by atoms with Gasteiger partial charge in [-0.05, 0) is 24.7 Å². The van der Waals surface area contributed by atoms with Crippen LogP contribution < -0.4 is 10.5 Å². The fourth-order valence-corrected chi connectivity index (χ4v) is 2.16. The zero-order valence-corrected chi connectivity index (χ0v) is 10.6. The maximum absolute atomic E-state index is 5.86. The highest BCUT2D eigenvalue weighted by atomic mass is 16.5. The molecule has 4 nitrogen and oxygen atoms in total. The minimum Gasteiger partial charge on any atom is -0.497 e. The second-order valence-electron chi connectivity index (χ2n) is 4.69. The number of nitrogens with two attached hydrogens (primary N) is 1. The number of likely N-dealkylation sites (N-methyl/N-ethyl adjacent to an activating group) is 1. The molecule has 17 heavy (non-hydrogen) atoms. The molecule has 1 aromatic rings. The third-order valence-electron chi connectivity index (χ3n) is 3.23. The lowest BCUT2D eigenvalue weighted by atomic mass is 10.1. The van der Waals surface area contributed by atoms with E-state index < -0.39 is 0 Å². The first-order valence-electron chi connectivity index (χ1n) is 6.02. The first kappa shape index (κ1) is 12.2. The lowest BCUT2D eigenvalue weighted by molar-refractivity contribution is 0.148. The average Bonchev–Trinajstić information content (AvgIpc) is 2.31. The van der Waals surface area contributed by atoms with Crippen LogP contribution in [0, 0.1) is 0 Å². The van der Waals surface area contributed by atoms with Gasteiger partial charge in [-0.25, -0.2) is 0 Å². The first-order valence-corrected chi connectivity index (χ1v) is 6.02. The molecule has 94 valence electrons. The summed E-state index contributed by atoms with van der Waals surface area (Å²) in [6.45, 7) is 5.47. The second kappa shape index (κ2) is 5.38. The highest BCUT2D eigenvalue weighted by molar-refractivity contribution is 5.47. The van der Waals surface area contributed by atoms with Gasteiger partial charge in [-0.3, -0.25) is 4.90 Å². The van der Waals surface area contributed by atoms with Crippen LogP contribution in [0.15, 0.2) is 18.2 Å². The molecule has 1 saturated heterocycles. The highest BCUT2D eigenvalue weighted by Gasteiger charge is 2.14. The van der Waals surface area contributed by atoms with E-state index in [1.807, 2.05) is 12.1 Å². The van der Waals surface area contributed by atoms with Crippen LogP contribution in [-0.2, 0) is 6.54 Å². The van der Waals surface area contributed by atoms with Crippen LogP contribution in [0.25, 0.3) is 0 Å². The molecule has 0 aromatic heterocycles. The molecule has 2 N–H and O–H groups in total. The molecular formula is C13H21N3O. The number of ether oxygens (including phenoxy) is 1. The van der Waals surface area contributed by atoms with Crippen molar-refractivity contribution in [1.82, 2.24) is 9.80 Å². The van der Waals surface area contributed by atoms with Crippen molar-refractivity contribution >= 4 is 5.69 Å². The number of piperazine rings is 1.